The number of rotatable bonds is 1. The molecule has 2 aromatic heterocycles. The average molecular weight is 213 g/mol. The molecule has 1 aromatic carbocycles. The van der Waals surface area contributed by atoms with Crippen molar-refractivity contribution in [2.75, 3.05) is 0 Å². The van der Waals surface area contributed by atoms with E-state index in [9.17, 15) is 4.79 Å². The SMILES string of the molecule is O=C(O)c1ncnc2c1[nH]c1ccccc12. The van der Waals surface area contributed by atoms with Crippen molar-refractivity contribution in [2.24, 2.45) is 0 Å². The lowest BCUT2D eigenvalue weighted by atomic mass is 10.2. The molecule has 0 aliphatic carbocycles. The van der Waals surface area contributed by atoms with Gasteiger partial charge in [-0.15, -0.1) is 0 Å². The van der Waals surface area contributed by atoms with Crippen LogP contribution < -0.4 is 0 Å². The summed E-state index contributed by atoms with van der Waals surface area (Å²) in [5.74, 6) is -1.06. The van der Waals surface area contributed by atoms with E-state index in [1.807, 2.05) is 24.3 Å². The van der Waals surface area contributed by atoms with Gasteiger partial charge in [-0.1, -0.05) is 18.2 Å². The van der Waals surface area contributed by atoms with Gasteiger partial charge < -0.3 is 10.1 Å². The van der Waals surface area contributed by atoms with Crippen molar-refractivity contribution >= 4 is 27.9 Å². The topological polar surface area (TPSA) is 78.9 Å². The number of carboxylic acid groups (broad SMARTS) is 1. The lowest BCUT2D eigenvalue weighted by molar-refractivity contribution is 0.0692. The second-order valence-corrected chi connectivity index (χ2v) is 3.42. The van der Waals surface area contributed by atoms with E-state index in [4.69, 9.17) is 5.11 Å². The van der Waals surface area contributed by atoms with E-state index in [1.165, 1.54) is 6.33 Å². The maximum atomic E-state index is 11.0. The van der Waals surface area contributed by atoms with Gasteiger partial charge in [0.1, 0.15) is 11.8 Å². The number of nitrogens with one attached hydrogen (secondary N) is 1. The molecule has 0 saturated heterocycles. The van der Waals surface area contributed by atoms with E-state index in [1.54, 1.807) is 0 Å². The number of aromatic nitrogens is 3. The third-order valence-electron chi connectivity index (χ3n) is 2.49. The summed E-state index contributed by atoms with van der Waals surface area (Å²) in [5.41, 5.74) is 1.97. The molecular formula is C11H7N3O2. The molecular weight excluding hydrogens is 206 g/mol. The maximum Gasteiger partial charge on any atom is 0.356 e. The minimum atomic E-state index is -1.06. The number of H-pyrrole nitrogens is 1. The van der Waals surface area contributed by atoms with Crippen LogP contribution in [0.3, 0.4) is 0 Å². The van der Waals surface area contributed by atoms with Gasteiger partial charge >= 0.3 is 5.97 Å². The molecule has 5 heteroatoms. The molecule has 0 aliphatic heterocycles. The van der Waals surface area contributed by atoms with Crippen molar-refractivity contribution in [3.05, 3.63) is 36.3 Å². The Hall–Kier alpha value is -2.43. The molecule has 78 valence electrons. The van der Waals surface area contributed by atoms with Crippen LogP contribution in [0.25, 0.3) is 21.9 Å². The highest BCUT2D eigenvalue weighted by Gasteiger charge is 2.14. The molecule has 0 fully saturated rings. The third-order valence-corrected chi connectivity index (χ3v) is 2.49. The zero-order chi connectivity index (χ0) is 11.1. The first-order valence-corrected chi connectivity index (χ1v) is 4.72. The van der Waals surface area contributed by atoms with Crippen LogP contribution in [0, 0.1) is 0 Å². The molecule has 16 heavy (non-hydrogen) atoms. The van der Waals surface area contributed by atoms with Crippen molar-refractivity contribution in [1.82, 2.24) is 15.0 Å². The highest BCUT2D eigenvalue weighted by atomic mass is 16.4. The molecule has 2 heterocycles. The number of para-hydroxylation sites is 1. The van der Waals surface area contributed by atoms with Crippen molar-refractivity contribution in [1.29, 1.82) is 0 Å². The molecule has 0 spiro atoms. The van der Waals surface area contributed by atoms with Gasteiger partial charge in [-0.3, -0.25) is 0 Å². The fraction of sp³-hybridized carbons (Fsp3) is 0. The molecule has 0 atom stereocenters. The van der Waals surface area contributed by atoms with E-state index in [-0.39, 0.29) is 5.69 Å². The van der Waals surface area contributed by atoms with Gasteiger partial charge in [0.05, 0.1) is 5.52 Å². The molecule has 0 saturated carbocycles. The zero-order valence-electron chi connectivity index (χ0n) is 8.14. The van der Waals surface area contributed by atoms with Crippen LogP contribution in [-0.4, -0.2) is 26.0 Å². The van der Waals surface area contributed by atoms with E-state index >= 15 is 0 Å². The van der Waals surface area contributed by atoms with Gasteiger partial charge in [-0.25, -0.2) is 14.8 Å². The van der Waals surface area contributed by atoms with Crippen molar-refractivity contribution in [3.8, 4) is 0 Å². The second-order valence-electron chi connectivity index (χ2n) is 3.42. The Kier molecular flexibility index (Phi) is 1.67. The van der Waals surface area contributed by atoms with Gasteiger partial charge in [-0.05, 0) is 6.07 Å². The lowest BCUT2D eigenvalue weighted by Gasteiger charge is -1.94. The van der Waals surface area contributed by atoms with Crippen LogP contribution in [0.2, 0.25) is 0 Å². The summed E-state index contributed by atoms with van der Waals surface area (Å²) in [6.07, 6.45) is 1.27. The number of benzene rings is 1. The first-order valence-electron chi connectivity index (χ1n) is 4.72. The quantitative estimate of drug-likeness (QED) is 0.646. The fourth-order valence-electron chi connectivity index (χ4n) is 1.80. The lowest BCUT2D eigenvalue weighted by Crippen LogP contribution is -2.01. The van der Waals surface area contributed by atoms with Gasteiger partial charge in [-0.2, -0.15) is 0 Å². The average Bonchev–Trinajstić information content (AvgIpc) is 2.67. The fourth-order valence-corrected chi connectivity index (χ4v) is 1.80. The van der Waals surface area contributed by atoms with E-state index in [2.05, 4.69) is 15.0 Å². The highest BCUT2D eigenvalue weighted by molar-refractivity contribution is 6.10. The number of fused-ring (bicyclic) bond motifs is 3. The number of aromatic amines is 1. The summed E-state index contributed by atoms with van der Waals surface area (Å²) in [6.45, 7) is 0. The first-order chi connectivity index (χ1) is 7.77. The summed E-state index contributed by atoms with van der Waals surface area (Å²) in [6, 6.07) is 7.54. The van der Waals surface area contributed by atoms with Gasteiger partial charge in [0.15, 0.2) is 5.69 Å². The number of hydrogen-bond acceptors (Lipinski definition) is 3. The van der Waals surface area contributed by atoms with E-state index in [0.29, 0.717) is 11.0 Å². The molecule has 0 radical (unpaired) electrons. The predicted molar refractivity (Wildman–Crippen MR) is 58.4 cm³/mol. The van der Waals surface area contributed by atoms with Crippen molar-refractivity contribution < 1.29 is 9.90 Å². The predicted octanol–water partition coefficient (Wildman–Crippen LogP) is 1.81. The zero-order valence-corrected chi connectivity index (χ0v) is 8.14. The normalized spacial score (nSPS) is 11.0. The molecule has 0 unspecified atom stereocenters. The van der Waals surface area contributed by atoms with Crippen molar-refractivity contribution in [2.45, 2.75) is 0 Å². The second kappa shape index (κ2) is 3.03. The standard InChI is InChI=1S/C11H7N3O2/c15-11(16)10-9-8(12-5-13-10)6-3-1-2-4-7(6)14-9/h1-5,14H,(H,15,16). The summed E-state index contributed by atoms with van der Waals surface area (Å²) in [4.78, 5) is 21.9. The van der Waals surface area contributed by atoms with E-state index in [0.717, 1.165) is 10.9 Å². The Morgan fingerprint density at radius 3 is 2.88 bits per heavy atom. The molecule has 3 aromatic rings. The number of carboxylic acids is 1. The van der Waals surface area contributed by atoms with Gasteiger partial charge in [0, 0.05) is 10.9 Å². The largest absolute Gasteiger partial charge is 0.476 e. The van der Waals surface area contributed by atoms with Crippen LogP contribution in [0.1, 0.15) is 10.5 Å². The minimum absolute atomic E-state index is 0.00111. The monoisotopic (exact) mass is 213 g/mol. The molecule has 0 amide bonds. The van der Waals surface area contributed by atoms with Gasteiger partial charge in [0.2, 0.25) is 0 Å². The molecule has 2 N–H and O–H groups in total. The molecule has 3 rings (SSSR count). The number of nitrogens with zero attached hydrogens (tertiary/aromatic N) is 2. The van der Waals surface area contributed by atoms with Crippen LogP contribution in [0.15, 0.2) is 30.6 Å². The smallest absolute Gasteiger partial charge is 0.356 e. The summed E-state index contributed by atoms with van der Waals surface area (Å²) < 4.78 is 0. The maximum absolute atomic E-state index is 11.0. The summed E-state index contributed by atoms with van der Waals surface area (Å²) in [7, 11) is 0. The minimum Gasteiger partial charge on any atom is -0.476 e. The number of aromatic carboxylic acids is 1. The number of hydrogen-bond donors (Lipinski definition) is 2. The molecule has 0 bridgehead atoms. The first kappa shape index (κ1) is 8.84. The molecule has 5 nitrogen and oxygen atoms in total. The Bertz CT molecular complexity index is 703. The van der Waals surface area contributed by atoms with E-state index < -0.39 is 5.97 Å². The van der Waals surface area contributed by atoms with Crippen LogP contribution >= 0.6 is 0 Å². The Morgan fingerprint density at radius 1 is 1.25 bits per heavy atom. The van der Waals surface area contributed by atoms with Gasteiger partial charge in [0.25, 0.3) is 0 Å². The van der Waals surface area contributed by atoms with Crippen molar-refractivity contribution in [3.63, 3.8) is 0 Å². The van der Waals surface area contributed by atoms with Crippen LogP contribution in [-0.2, 0) is 0 Å². The summed E-state index contributed by atoms with van der Waals surface area (Å²) >= 11 is 0. The number of carbonyl (C=O) groups is 1. The summed E-state index contributed by atoms with van der Waals surface area (Å²) in [5, 5.41) is 9.90. The Labute approximate surface area is 89.8 Å². The molecule has 0 aliphatic rings. The van der Waals surface area contributed by atoms with Crippen LogP contribution in [0.5, 0.6) is 0 Å². The van der Waals surface area contributed by atoms with Crippen LogP contribution in [0.4, 0.5) is 0 Å². The highest BCUT2D eigenvalue weighted by Crippen LogP contribution is 2.24. The Balaban J connectivity index is 2.54. The third kappa shape index (κ3) is 1.08. The Morgan fingerprint density at radius 2 is 2.06 bits per heavy atom.